The smallest absolute Gasteiger partial charge is 0.286 e. The van der Waals surface area contributed by atoms with Gasteiger partial charge in [-0.15, -0.1) is 0 Å². The molecule has 0 aromatic heterocycles. The van der Waals surface area contributed by atoms with E-state index in [0.717, 1.165) is 42.2 Å². The van der Waals surface area contributed by atoms with Crippen molar-refractivity contribution >= 4 is 46.8 Å². The van der Waals surface area contributed by atoms with E-state index >= 15 is 0 Å². The summed E-state index contributed by atoms with van der Waals surface area (Å²) in [4.78, 5) is 30.1. The Hall–Kier alpha value is -2.70. The third-order valence-corrected chi connectivity index (χ3v) is 7.37. The molecule has 34 heavy (non-hydrogen) atoms. The summed E-state index contributed by atoms with van der Waals surface area (Å²) in [6.07, 6.45) is 3.73. The number of anilines is 1. The SMILES string of the molecule is O=C1NC2CC(C(=O)N3CCN(c4cccc(Cl)c4)CC3)CCC2O/C1=C/c1ccc(Cl)cc1. The van der Waals surface area contributed by atoms with Crippen LogP contribution in [-0.2, 0) is 14.3 Å². The number of hydrogen-bond donors (Lipinski definition) is 1. The second-order valence-electron chi connectivity index (χ2n) is 9.10. The first-order valence-electron chi connectivity index (χ1n) is 11.7. The molecule has 2 amide bonds. The van der Waals surface area contributed by atoms with Crippen LogP contribution >= 0.6 is 23.2 Å². The highest BCUT2D eigenvalue weighted by atomic mass is 35.5. The highest BCUT2D eigenvalue weighted by Gasteiger charge is 2.41. The molecule has 1 N–H and O–H groups in total. The van der Waals surface area contributed by atoms with Crippen molar-refractivity contribution in [2.24, 2.45) is 5.92 Å². The van der Waals surface area contributed by atoms with Crippen LogP contribution in [0.1, 0.15) is 24.8 Å². The first-order chi connectivity index (χ1) is 16.5. The molecular weight excluding hydrogens is 473 g/mol. The number of amides is 2. The lowest BCUT2D eigenvalue weighted by Crippen LogP contribution is -2.56. The summed E-state index contributed by atoms with van der Waals surface area (Å²) >= 11 is 12.1. The maximum atomic E-state index is 13.3. The standard InChI is InChI=1S/C26H27Cl2N3O3/c27-19-7-4-17(5-8-19)14-24-25(32)29-22-15-18(6-9-23(22)34-24)26(33)31-12-10-30(11-13-31)21-3-1-2-20(28)16-21/h1-5,7-8,14,16,18,22-23H,6,9-13,15H2,(H,29,32)/b24-14+. The Balaban J connectivity index is 1.17. The van der Waals surface area contributed by atoms with Crippen molar-refractivity contribution in [1.29, 1.82) is 0 Å². The number of carbonyl (C=O) groups is 2. The highest BCUT2D eigenvalue weighted by molar-refractivity contribution is 6.31. The van der Waals surface area contributed by atoms with E-state index in [1.54, 1.807) is 18.2 Å². The number of hydrogen-bond acceptors (Lipinski definition) is 4. The summed E-state index contributed by atoms with van der Waals surface area (Å²) in [5, 5.41) is 4.43. The quantitative estimate of drug-likeness (QED) is 0.637. The first kappa shape index (κ1) is 23.1. The topological polar surface area (TPSA) is 61.9 Å². The van der Waals surface area contributed by atoms with Gasteiger partial charge in [0.25, 0.3) is 5.91 Å². The van der Waals surface area contributed by atoms with Crippen LogP contribution in [0.25, 0.3) is 6.08 Å². The summed E-state index contributed by atoms with van der Waals surface area (Å²) in [5.74, 6) is 0.163. The van der Waals surface area contributed by atoms with E-state index in [4.69, 9.17) is 27.9 Å². The summed E-state index contributed by atoms with van der Waals surface area (Å²) in [7, 11) is 0. The molecule has 1 saturated carbocycles. The first-order valence-corrected chi connectivity index (χ1v) is 12.5. The zero-order valence-electron chi connectivity index (χ0n) is 18.8. The number of nitrogens with one attached hydrogen (secondary N) is 1. The third kappa shape index (κ3) is 5.03. The minimum absolute atomic E-state index is 0.0929. The lowest BCUT2D eigenvalue weighted by molar-refractivity contribution is -0.141. The average molecular weight is 500 g/mol. The van der Waals surface area contributed by atoms with Crippen molar-refractivity contribution in [3.63, 3.8) is 0 Å². The molecule has 0 radical (unpaired) electrons. The van der Waals surface area contributed by atoms with Crippen molar-refractivity contribution in [2.45, 2.75) is 31.4 Å². The Morgan fingerprint density at radius 2 is 1.76 bits per heavy atom. The monoisotopic (exact) mass is 499 g/mol. The minimum Gasteiger partial charge on any atom is -0.483 e. The van der Waals surface area contributed by atoms with E-state index in [9.17, 15) is 9.59 Å². The molecule has 0 spiro atoms. The van der Waals surface area contributed by atoms with E-state index < -0.39 is 0 Å². The van der Waals surface area contributed by atoms with Crippen molar-refractivity contribution in [1.82, 2.24) is 10.2 Å². The molecule has 3 unspecified atom stereocenters. The molecule has 5 rings (SSSR count). The Morgan fingerprint density at radius 3 is 2.50 bits per heavy atom. The molecule has 2 aromatic carbocycles. The van der Waals surface area contributed by atoms with Crippen LogP contribution in [0, 0.1) is 5.92 Å². The minimum atomic E-state index is -0.237. The molecule has 0 bridgehead atoms. The van der Waals surface area contributed by atoms with E-state index in [0.29, 0.717) is 30.3 Å². The van der Waals surface area contributed by atoms with Crippen LogP contribution in [0.15, 0.2) is 54.3 Å². The van der Waals surface area contributed by atoms with Gasteiger partial charge in [0.2, 0.25) is 5.91 Å². The van der Waals surface area contributed by atoms with Gasteiger partial charge in [-0.2, -0.15) is 0 Å². The zero-order chi connectivity index (χ0) is 23.7. The van der Waals surface area contributed by atoms with Gasteiger partial charge in [0.15, 0.2) is 5.76 Å². The Kier molecular flexibility index (Phi) is 6.70. The molecular formula is C26H27Cl2N3O3. The molecule has 178 valence electrons. The van der Waals surface area contributed by atoms with Gasteiger partial charge in [0, 0.05) is 47.8 Å². The highest BCUT2D eigenvalue weighted by Crippen LogP contribution is 2.33. The van der Waals surface area contributed by atoms with Crippen LogP contribution < -0.4 is 10.2 Å². The number of halogens is 2. The van der Waals surface area contributed by atoms with Crippen LogP contribution in [0.5, 0.6) is 0 Å². The maximum Gasteiger partial charge on any atom is 0.286 e. The molecule has 8 heteroatoms. The van der Waals surface area contributed by atoms with Gasteiger partial charge in [-0.3, -0.25) is 9.59 Å². The number of benzene rings is 2. The molecule has 2 heterocycles. The molecule has 3 atom stereocenters. The third-order valence-electron chi connectivity index (χ3n) is 6.89. The summed E-state index contributed by atoms with van der Waals surface area (Å²) < 4.78 is 6.06. The van der Waals surface area contributed by atoms with Crippen molar-refractivity contribution < 1.29 is 14.3 Å². The number of ether oxygens (including phenoxy) is 1. The fourth-order valence-electron chi connectivity index (χ4n) is 5.04. The van der Waals surface area contributed by atoms with E-state index in [2.05, 4.69) is 10.2 Å². The van der Waals surface area contributed by atoms with Gasteiger partial charge in [-0.25, -0.2) is 0 Å². The fraction of sp³-hybridized carbons (Fsp3) is 0.385. The van der Waals surface area contributed by atoms with E-state index in [1.807, 2.05) is 41.3 Å². The van der Waals surface area contributed by atoms with Gasteiger partial charge >= 0.3 is 0 Å². The van der Waals surface area contributed by atoms with Crippen molar-refractivity contribution in [2.75, 3.05) is 31.1 Å². The van der Waals surface area contributed by atoms with Crippen LogP contribution in [0.3, 0.4) is 0 Å². The normalized spacial score (nSPS) is 26.0. The average Bonchev–Trinajstić information content (AvgIpc) is 2.85. The molecule has 3 fully saturated rings. The number of fused-ring (bicyclic) bond motifs is 1. The Labute approximate surface area is 209 Å². The Morgan fingerprint density at radius 1 is 1.00 bits per heavy atom. The van der Waals surface area contributed by atoms with Gasteiger partial charge in [0.05, 0.1) is 6.04 Å². The number of piperazine rings is 1. The second-order valence-corrected chi connectivity index (χ2v) is 9.97. The van der Waals surface area contributed by atoms with Crippen LogP contribution in [0.4, 0.5) is 5.69 Å². The van der Waals surface area contributed by atoms with Crippen molar-refractivity contribution in [3.05, 3.63) is 69.9 Å². The summed E-state index contributed by atoms with van der Waals surface area (Å²) in [5.41, 5.74) is 1.94. The van der Waals surface area contributed by atoms with Crippen LogP contribution in [0.2, 0.25) is 10.0 Å². The number of carbonyl (C=O) groups excluding carboxylic acids is 2. The zero-order valence-corrected chi connectivity index (χ0v) is 20.3. The molecule has 3 aliphatic rings. The number of rotatable bonds is 3. The molecule has 6 nitrogen and oxygen atoms in total. The van der Waals surface area contributed by atoms with Gasteiger partial charge in [-0.05, 0) is 61.2 Å². The van der Waals surface area contributed by atoms with E-state index in [-0.39, 0.29) is 29.9 Å². The Bertz CT molecular complexity index is 1100. The lowest BCUT2D eigenvalue weighted by Gasteiger charge is -2.42. The van der Waals surface area contributed by atoms with Gasteiger partial charge in [0.1, 0.15) is 6.10 Å². The van der Waals surface area contributed by atoms with Gasteiger partial charge < -0.3 is 19.9 Å². The predicted molar refractivity (Wildman–Crippen MR) is 134 cm³/mol. The van der Waals surface area contributed by atoms with Crippen molar-refractivity contribution in [3.8, 4) is 0 Å². The number of nitrogens with zero attached hydrogens (tertiary/aromatic N) is 2. The second kappa shape index (κ2) is 9.88. The summed E-state index contributed by atoms with van der Waals surface area (Å²) in [6.45, 7) is 2.94. The maximum absolute atomic E-state index is 13.3. The molecule has 2 saturated heterocycles. The number of morpholine rings is 1. The largest absolute Gasteiger partial charge is 0.483 e. The molecule has 2 aromatic rings. The predicted octanol–water partition coefficient (Wildman–Crippen LogP) is 4.37. The summed E-state index contributed by atoms with van der Waals surface area (Å²) in [6, 6.07) is 14.9. The molecule has 1 aliphatic carbocycles. The van der Waals surface area contributed by atoms with Gasteiger partial charge in [-0.1, -0.05) is 41.4 Å². The molecule has 2 aliphatic heterocycles. The lowest BCUT2D eigenvalue weighted by atomic mass is 9.82. The fourth-order valence-corrected chi connectivity index (χ4v) is 5.35. The van der Waals surface area contributed by atoms with Crippen LogP contribution in [-0.4, -0.2) is 55.0 Å². The van der Waals surface area contributed by atoms with E-state index in [1.165, 1.54) is 0 Å².